The van der Waals surface area contributed by atoms with Crippen molar-refractivity contribution in [3.05, 3.63) is 54.1 Å². The lowest BCUT2D eigenvalue weighted by molar-refractivity contribution is 0.146. The van der Waals surface area contributed by atoms with Gasteiger partial charge in [-0.05, 0) is 55.3 Å². The molecule has 0 saturated carbocycles. The van der Waals surface area contributed by atoms with Crippen LogP contribution >= 0.6 is 0 Å². The number of anilines is 1. The Hall–Kier alpha value is -2.20. The number of rotatable bonds is 10. The number of ether oxygens (including phenoxy) is 3. The second-order valence-corrected chi connectivity index (χ2v) is 5.67. The van der Waals surface area contributed by atoms with Crippen LogP contribution in [0.5, 0.6) is 11.5 Å². The van der Waals surface area contributed by atoms with Gasteiger partial charge in [0.25, 0.3) is 0 Å². The van der Waals surface area contributed by atoms with Crippen molar-refractivity contribution in [2.45, 2.75) is 26.4 Å². The van der Waals surface area contributed by atoms with Gasteiger partial charge in [-0.15, -0.1) is 0 Å². The van der Waals surface area contributed by atoms with Gasteiger partial charge in [-0.2, -0.15) is 0 Å². The maximum Gasteiger partial charge on any atom is 0.119 e. The molecule has 0 aliphatic heterocycles. The predicted octanol–water partition coefficient (Wildman–Crippen LogP) is 4.15. The molecule has 4 nitrogen and oxygen atoms in total. The summed E-state index contributed by atoms with van der Waals surface area (Å²) in [5.74, 6) is 1.75. The van der Waals surface area contributed by atoms with Gasteiger partial charge in [-0.25, -0.2) is 0 Å². The number of methoxy groups -OCH3 is 1. The van der Waals surface area contributed by atoms with Crippen molar-refractivity contribution < 1.29 is 14.2 Å². The van der Waals surface area contributed by atoms with Gasteiger partial charge in [0.05, 0.1) is 13.2 Å². The van der Waals surface area contributed by atoms with Gasteiger partial charge in [0.1, 0.15) is 24.2 Å². The van der Waals surface area contributed by atoms with Crippen LogP contribution in [0.25, 0.3) is 0 Å². The SMILES string of the molecule is CCc1ccc(OC(C)CNc2ccc(OCCOC)cc2)cc1. The van der Waals surface area contributed by atoms with Crippen LogP contribution in [0, 0.1) is 0 Å². The van der Waals surface area contributed by atoms with Crippen LogP contribution in [0.15, 0.2) is 48.5 Å². The van der Waals surface area contributed by atoms with Crippen molar-refractivity contribution in [2.24, 2.45) is 0 Å². The molecule has 24 heavy (non-hydrogen) atoms. The molecule has 0 radical (unpaired) electrons. The first kappa shape index (κ1) is 18.1. The number of aryl methyl sites for hydroxylation is 1. The third-order valence-corrected chi connectivity index (χ3v) is 3.67. The van der Waals surface area contributed by atoms with Gasteiger partial charge in [-0.1, -0.05) is 19.1 Å². The molecule has 0 saturated heterocycles. The monoisotopic (exact) mass is 329 g/mol. The third-order valence-electron chi connectivity index (χ3n) is 3.67. The normalized spacial score (nSPS) is 11.8. The van der Waals surface area contributed by atoms with Crippen LogP contribution in [-0.4, -0.2) is 33.0 Å². The topological polar surface area (TPSA) is 39.7 Å². The van der Waals surface area contributed by atoms with Gasteiger partial charge in [-0.3, -0.25) is 0 Å². The molecule has 1 unspecified atom stereocenters. The zero-order valence-electron chi connectivity index (χ0n) is 14.7. The van der Waals surface area contributed by atoms with Gasteiger partial charge in [0.2, 0.25) is 0 Å². The summed E-state index contributed by atoms with van der Waals surface area (Å²) in [6.07, 6.45) is 1.12. The maximum absolute atomic E-state index is 5.92. The first-order chi connectivity index (χ1) is 11.7. The second-order valence-electron chi connectivity index (χ2n) is 5.67. The smallest absolute Gasteiger partial charge is 0.119 e. The Labute approximate surface area is 144 Å². The summed E-state index contributed by atoms with van der Waals surface area (Å²) in [5.41, 5.74) is 2.37. The summed E-state index contributed by atoms with van der Waals surface area (Å²) in [7, 11) is 1.66. The molecule has 0 spiro atoms. The van der Waals surface area contributed by atoms with Crippen molar-refractivity contribution in [1.29, 1.82) is 0 Å². The van der Waals surface area contributed by atoms with Gasteiger partial charge < -0.3 is 19.5 Å². The van der Waals surface area contributed by atoms with Gasteiger partial charge in [0, 0.05) is 12.8 Å². The lowest BCUT2D eigenvalue weighted by Crippen LogP contribution is -2.22. The number of nitrogens with one attached hydrogen (secondary N) is 1. The molecule has 2 rings (SSSR count). The molecular formula is C20H27NO3. The highest BCUT2D eigenvalue weighted by atomic mass is 16.5. The Kier molecular flexibility index (Phi) is 7.43. The molecule has 0 aromatic heterocycles. The minimum atomic E-state index is 0.0788. The summed E-state index contributed by atoms with van der Waals surface area (Å²) in [4.78, 5) is 0. The molecule has 2 aromatic carbocycles. The average molecular weight is 329 g/mol. The summed E-state index contributed by atoms with van der Waals surface area (Å²) in [6, 6.07) is 16.2. The van der Waals surface area contributed by atoms with E-state index >= 15 is 0 Å². The summed E-state index contributed by atoms with van der Waals surface area (Å²) < 4.78 is 16.4. The predicted molar refractivity (Wildman–Crippen MR) is 98.2 cm³/mol. The van der Waals surface area contributed by atoms with Crippen LogP contribution in [0.1, 0.15) is 19.4 Å². The molecule has 1 atom stereocenters. The van der Waals surface area contributed by atoms with E-state index in [1.165, 1.54) is 5.56 Å². The fraction of sp³-hybridized carbons (Fsp3) is 0.400. The molecule has 0 amide bonds. The van der Waals surface area contributed by atoms with E-state index in [0.717, 1.165) is 30.2 Å². The molecule has 0 fully saturated rings. The van der Waals surface area contributed by atoms with Crippen molar-refractivity contribution in [3.63, 3.8) is 0 Å². The van der Waals surface area contributed by atoms with Crippen molar-refractivity contribution in [3.8, 4) is 11.5 Å². The van der Waals surface area contributed by atoms with E-state index in [1.54, 1.807) is 7.11 Å². The van der Waals surface area contributed by atoms with E-state index in [-0.39, 0.29) is 6.10 Å². The van der Waals surface area contributed by atoms with Crippen LogP contribution in [-0.2, 0) is 11.2 Å². The average Bonchev–Trinajstić information content (AvgIpc) is 2.62. The second kappa shape index (κ2) is 9.83. The molecule has 130 valence electrons. The van der Waals surface area contributed by atoms with Crippen molar-refractivity contribution in [2.75, 3.05) is 32.2 Å². The quantitative estimate of drug-likeness (QED) is 0.665. The maximum atomic E-state index is 5.92. The lowest BCUT2D eigenvalue weighted by atomic mass is 10.2. The molecule has 0 aliphatic carbocycles. The van der Waals surface area contributed by atoms with E-state index in [4.69, 9.17) is 14.2 Å². The van der Waals surface area contributed by atoms with E-state index in [2.05, 4.69) is 31.3 Å². The largest absolute Gasteiger partial charge is 0.491 e. The lowest BCUT2D eigenvalue weighted by Gasteiger charge is -2.16. The Morgan fingerprint density at radius 1 is 0.917 bits per heavy atom. The Bertz CT molecular complexity index is 581. The molecule has 0 heterocycles. The fourth-order valence-electron chi connectivity index (χ4n) is 2.25. The highest BCUT2D eigenvalue weighted by molar-refractivity contribution is 5.46. The molecule has 2 aromatic rings. The van der Waals surface area contributed by atoms with Gasteiger partial charge >= 0.3 is 0 Å². The van der Waals surface area contributed by atoms with E-state index < -0.39 is 0 Å². The van der Waals surface area contributed by atoms with E-state index in [1.807, 2.05) is 36.4 Å². The van der Waals surface area contributed by atoms with Crippen molar-refractivity contribution in [1.82, 2.24) is 0 Å². The summed E-state index contributed by atoms with van der Waals surface area (Å²) in [6.45, 7) is 6.09. The minimum Gasteiger partial charge on any atom is -0.491 e. The van der Waals surface area contributed by atoms with Crippen LogP contribution in [0.2, 0.25) is 0 Å². The Balaban J connectivity index is 1.75. The summed E-state index contributed by atoms with van der Waals surface area (Å²) >= 11 is 0. The molecular weight excluding hydrogens is 302 g/mol. The zero-order valence-corrected chi connectivity index (χ0v) is 14.7. The number of benzene rings is 2. The van der Waals surface area contributed by atoms with E-state index in [9.17, 15) is 0 Å². The first-order valence-corrected chi connectivity index (χ1v) is 8.42. The number of hydrogen-bond acceptors (Lipinski definition) is 4. The van der Waals surface area contributed by atoms with Crippen molar-refractivity contribution >= 4 is 5.69 Å². The Morgan fingerprint density at radius 3 is 2.21 bits per heavy atom. The van der Waals surface area contributed by atoms with Crippen LogP contribution < -0.4 is 14.8 Å². The summed E-state index contributed by atoms with van der Waals surface area (Å²) in [5, 5.41) is 3.38. The molecule has 0 aliphatic rings. The minimum absolute atomic E-state index is 0.0788. The van der Waals surface area contributed by atoms with Gasteiger partial charge in [0.15, 0.2) is 0 Å². The highest BCUT2D eigenvalue weighted by Gasteiger charge is 2.04. The molecule has 0 bridgehead atoms. The zero-order chi connectivity index (χ0) is 17.2. The molecule has 4 heteroatoms. The Morgan fingerprint density at radius 2 is 1.58 bits per heavy atom. The fourth-order valence-corrected chi connectivity index (χ4v) is 2.25. The highest BCUT2D eigenvalue weighted by Crippen LogP contribution is 2.17. The first-order valence-electron chi connectivity index (χ1n) is 8.42. The van der Waals surface area contributed by atoms with Crippen LogP contribution in [0.4, 0.5) is 5.69 Å². The third kappa shape index (κ3) is 6.13. The number of hydrogen-bond donors (Lipinski definition) is 1. The molecule has 1 N–H and O–H groups in total. The standard InChI is InChI=1S/C20H27NO3/c1-4-17-5-9-20(10-6-17)24-16(2)15-21-18-7-11-19(12-8-18)23-14-13-22-3/h5-12,16,21H,4,13-15H2,1-3H3. The van der Waals surface area contributed by atoms with Crippen LogP contribution in [0.3, 0.4) is 0 Å². The van der Waals surface area contributed by atoms with E-state index in [0.29, 0.717) is 13.2 Å².